The highest BCUT2D eigenvalue weighted by atomic mass is 16.6. The summed E-state index contributed by atoms with van der Waals surface area (Å²) in [7, 11) is 3.11. The Morgan fingerprint density at radius 3 is 1.69 bits per heavy atom. The van der Waals surface area contributed by atoms with Gasteiger partial charge in [0.15, 0.2) is 5.78 Å². The Morgan fingerprint density at radius 2 is 1.21 bits per heavy atom. The summed E-state index contributed by atoms with van der Waals surface area (Å²) in [6.45, 7) is 5.45. The smallest absolute Gasteiger partial charge is 0.407 e. The molecule has 29 heavy (non-hydrogen) atoms. The molecule has 0 aliphatic carbocycles. The molecular formula is C18H34N2O9. The maximum Gasteiger partial charge on any atom is 0.407 e. The van der Waals surface area contributed by atoms with Gasteiger partial charge in [0.2, 0.25) is 0 Å². The Morgan fingerprint density at radius 1 is 0.724 bits per heavy atom. The van der Waals surface area contributed by atoms with Crippen LogP contribution in [0.1, 0.15) is 13.8 Å². The van der Waals surface area contributed by atoms with E-state index in [4.69, 9.17) is 28.4 Å². The summed E-state index contributed by atoms with van der Waals surface area (Å²) >= 11 is 0. The lowest BCUT2D eigenvalue weighted by Gasteiger charge is -2.19. The first kappa shape index (κ1) is 27.0. The van der Waals surface area contributed by atoms with Crippen LogP contribution in [0.15, 0.2) is 0 Å². The summed E-state index contributed by atoms with van der Waals surface area (Å²) in [4.78, 5) is 35.9. The molecule has 0 aliphatic heterocycles. The molecular weight excluding hydrogens is 388 g/mol. The van der Waals surface area contributed by atoms with Crippen LogP contribution in [0.25, 0.3) is 0 Å². The molecule has 0 aliphatic rings. The zero-order valence-electron chi connectivity index (χ0n) is 17.7. The number of alkyl carbamates (subject to hydrolysis) is 2. The van der Waals surface area contributed by atoms with Crippen molar-refractivity contribution in [2.45, 2.75) is 19.9 Å². The molecule has 0 spiro atoms. The van der Waals surface area contributed by atoms with Crippen LogP contribution in [-0.4, -0.2) is 97.6 Å². The van der Waals surface area contributed by atoms with Crippen molar-refractivity contribution in [2.24, 2.45) is 5.92 Å². The van der Waals surface area contributed by atoms with Crippen molar-refractivity contribution in [1.82, 2.24) is 10.6 Å². The first-order valence-corrected chi connectivity index (χ1v) is 9.43. The fraction of sp³-hybridized carbons (Fsp3) is 0.833. The normalized spacial score (nSPS) is 11.8. The molecule has 0 bridgehead atoms. The average Bonchev–Trinajstić information content (AvgIpc) is 2.69. The fourth-order valence-electron chi connectivity index (χ4n) is 1.92. The summed E-state index contributed by atoms with van der Waals surface area (Å²) < 4.78 is 29.9. The van der Waals surface area contributed by atoms with Gasteiger partial charge in [0.25, 0.3) is 0 Å². The van der Waals surface area contributed by atoms with Crippen LogP contribution in [-0.2, 0) is 33.2 Å². The first-order valence-electron chi connectivity index (χ1n) is 9.43. The molecule has 0 saturated heterocycles. The van der Waals surface area contributed by atoms with Crippen molar-refractivity contribution >= 4 is 18.0 Å². The van der Waals surface area contributed by atoms with Crippen LogP contribution in [0, 0.1) is 5.92 Å². The van der Waals surface area contributed by atoms with E-state index >= 15 is 0 Å². The summed E-state index contributed by atoms with van der Waals surface area (Å²) in [5.74, 6) is -0.592. The quantitative estimate of drug-likeness (QED) is 0.319. The lowest BCUT2D eigenvalue weighted by molar-refractivity contribution is -0.123. The lowest BCUT2D eigenvalue weighted by Crippen LogP contribution is -2.50. The van der Waals surface area contributed by atoms with Gasteiger partial charge in [-0.25, -0.2) is 9.59 Å². The summed E-state index contributed by atoms with van der Waals surface area (Å²) in [5.41, 5.74) is 0. The molecule has 0 heterocycles. The number of ether oxygens (including phenoxy) is 6. The van der Waals surface area contributed by atoms with Crippen molar-refractivity contribution < 1.29 is 42.8 Å². The molecule has 0 rings (SSSR count). The first-order chi connectivity index (χ1) is 13.9. The van der Waals surface area contributed by atoms with E-state index in [2.05, 4.69) is 10.6 Å². The van der Waals surface area contributed by atoms with Gasteiger partial charge < -0.3 is 39.1 Å². The Bertz CT molecular complexity index is 461. The standard InChI is InChI=1S/C18H34N2O9/c1-14(2)16(21)15(20-18(23)29-12-10-27-8-6-25-4)13-19-17(22)28-11-9-26-7-5-24-3/h14-15H,5-13H2,1-4H3,(H,19,22)(H,20,23). The van der Waals surface area contributed by atoms with E-state index < -0.39 is 18.2 Å². The van der Waals surface area contributed by atoms with Crippen LogP contribution >= 0.6 is 0 Å². The van der Waals surface area contributed by atoms with Gasteiger partial charge >= 0.3 is 12.2 Å². The van der Waals surface area contributed by atoms with Crippen LogP contribution in [0.5, 0.6) is 0 Å². The number of carbonyl (C=O) groups is 3. The molecule has 2 amide bonds. The van der Waals surface area contributed by atoms with Gasteiger partial charge in [-0.05, 0) is 0 Å². The highest BCUT2D eigenvalue weighted by molar-refractivity contribution is 5.89. The van der Waals surface area contributed by atoms with E-state index in [1.807, 2.05) is 0 Å². The average molecular weight is 422 g/mol. The molecule has 0 fully saturated rings. The number of carbonyl (C=O) groups excluding carboxylic acids is 3. The number of hydrogen-bond donors (Lipinski definition) is 2. The summed E-state index contributed by atoms with van der Waals surface area (Å²) in [5, 5.41) is 4.89. The molecule has 0 aromatic carbocycles. The van der Waals surface area contributed by atoms with E-state index in [1.165, 1.54) is 0 Å². The Balaban J connectivity index is 4.20. The van der Waals surface area contributed by atoms with Gasteiger partial charge in [0, 0.05) is 26.7 Å². The molecule has 2 N–H and O–H groups in total. The number of rotatable bonds is 17. The minimum atomic E-state index is -0.942. The molecule has 170 valence electrons. The van der Waals surface area contributed by atoms with Crippen LogP contribution in [0.2, 0.25) is 0 Å². The third-order valence-electron chi connectivity index (χ3n) is 3.44. The Labute approximate surface area is 171 Å². The van der Waals surface area contributed by atoms with Gasteiger partial charge in [-0.15, -0.1) is 0 Å². The van der Waals surface area contributed by atoms with Crippen molar-refractivity contribution in [1.29, 1.82) is 0 Å². The van der Waals surface area contributed by atoms with Crippen LogP contribution < -0.4 is 10.6 Å². The maximum atomic E-state index is 12.3. The van der Waals surface area contributed by atoms with E-state index in [0.29, 0.717) is 26.4 Å². The number of Topliss-reactive ketones (excluding diaryl/α,β-unsaturated/α-hetero) is 1. The number of methoxy groups -OCH3 is 2. The van der Waals surface area contributed by atoms with Gasteiger partial charge in [0.1, 0.15) is 19.3 Å². The highest BCUT2D eigenvalue weighted by Crippen LogP contribution is 2.00. The van der Waals surface area contributed by atoms with E-state index in [9.17, 15) is 14.4 Å². The SMILES string of the molecule is COCCOCCOC(=O)NCC(NC(=O)OCCOCCOC)C(=O)C(C)C. The monoisotopic (exact) mass is 422 g/mol. The van der Waals surface area contributed by atoms with E-state index in [-0.39, 0.29) is 44.7 Å². The van der Waals surface area contributed by atoms with Crippen molar-refractivity contribution in [2.75, 3.05) is 73.6 Å². The molecule has 1 atom stereocenters. The second-order valence-corrected chi connectivity index (χ2v) is 6.12. The van der Waals surface area contributed by atoms with Crippen LogP contribution in [0.3, 0.4) is 0 Å². The van der Waals surface area contributed by atoms with E-state index in [1.54, 1.807) is 28.1 Å². The summed E-state index contributed by atoms with van der Waals surface area (Å²) in [6, 6.07) is -0.942. The molecule has 1 unspecified atom stereocenters. The fourth-order valence-corrected chi connectivity index (χ4v) is 1.92. The third kappa shape index (κ3) is 15.6. The van der Waals surface area contributed by atoms with Gasteiger partial charge in [0.05, 0.1) is 39.6 Å². The molecule has 0 aromatic heterocycles. The second-order valence-electron chi connectivity index (χ2n) is 6.12. The zero-order chi connectivity index (χ0) is 21.9. The third-order valence-corrected chi connectivity index (χ3v) is 3.44. The lowest BCUT2D eigenvalue weighted by atomic mass is 10.0. The molecule has 0 aromatic rings. The Hall–Kier alpha value is -1.95. The number of hydrogen-bond acceptors (Lipinski definition) is 9. The predicted octanol–water partition coefficient (Wildman–Crippen LogP) is 0.359. The molecule has 0 radical (unpaired) electrons. The van der Waals surface area contributed by atoms with Crippen molar-refractivity contribution in [3.63, 3.8) is 0 Å². The molecule has 11 nitrogen and oxygen atoms in total. The largest absolute Gasteiger partial charge is 0.447 e. The minimum absolute atomic E-state index is 0.0245. The summed E-state index contributed by atoms with van der Waals surface area (Å²) in [6.07, 6.45) is -1.50. The van der Waals surface area contributed by atoms with Gasteiger partial charge in [-0.1, -0.05) is 13.8 Å². The van der Waals surface area contributed by atoms with Gasteiger partial charge in [-0.2, -0.15) is 0 Å². The predicted molar refractivity (Wildman–Crippen MR) is 103 cm³/mol. The number of amides is 2. The highest BCUT2D eigenvalue weighted by Gasteiger charge is 2.24. The van der Waals surface area contributed by atoms with Crippen molar-refractivity contribution in [3.8, 4) is 0 Å². The molecule has 0 saturated carbocycles. The maximum absolute atomic E-state index is 12.3. The van der Waals surface area contributed by atoms with Gasteiger partial charge in [-0.3, -0.25) is 4.79 Å². The number of ketones is 1. The topological polar surface area (TPSA) is 131 Å². The van der Waals surface area contributed by atoms with Crippen molar-refractivity contribution in [3.05, 3.63) is 0 Å². The zero-order valence-corrected chi connectivity index (χ0v) is 17.7. The minimum Gasteiger partial charge on any atom is -0.447 e. The second kappa shape index (κ2) is 18.1. The van der Waals surface area contributed by atoms with Crippen LogP contribution in [0.4, 0.5) is 9.59 Å². The number of nitrogens with one attached hydrogen (secondary N) is 2. The Kier molecular flexibility index (Phi) is 16.9. The van der Waals surface area contributed by atoms with E-state index in [0.717, 1.165) is 0 Å². The molecule has 11 heteroatoms.